The number of nitrogens with zero attached hydrogens (tertiary/aromatic N) is 2. The van der Waals surface area contributed by atoms with E-state index in [2.05, 4.69) is 39.7 Å². The number of fused-ring (bicyclic) bond motifs is 1. The summed E-state index contributed by atoms with van der Waals surface area (Å²) in [6, 6.07) is 8.46. The van der Waals surface area contributed by atoms with Crippen molar-refractivity contribution < 1.29 is 9.63 Å². The fraction of sp³-hybridized carbons (Fsp3) is 0.500. The third-order valence-electron chi connectivity index (χ3n) is 4.62. The van der Waals surface area contributed by atoms with Gasteiger partial charge in [-0.15, -0.1) is 0 Å². The minimum absolute atomic E-state index is 0.264. The zero-order valence-electron chi connectivity index (χ0n) is 11.9. The fourth-order valence-corrected chi connectivity index (χ4v) is 3.40. The third-order valence-corrected chi connectivity index (χ3v) is 4.62. The van der Waals surface area contributed by atoms with Gasteiger partial charge >= 0.3 is 0 Å². The molecule has 0 spiro atoms. The topological polar surface area (TPSA) is 71.2 Å². The molecule has 2 aliphatic rings. The second kappa shape index (κ2) is 4.93. The molecule has 4 rings (SSSR count). The van der Waals surface area contributed by atoms with E-state index >= 15 is 0 Å². The molecule has 0 radical (unpaired) electrons. The van der Waals surface area contributed by atoms with Gasteiger partial charge in [0.05, 0.1) is 0 Å². The van der Waals surface area contributed by atoms with E-state index in [-0.39, 0.29) is 5.92 Å². The molecular formula is C16H19N3O2. The minimum Gasteiger partial charge on any atom is -0.379 e. The van der Waals surface area contributed by atoms with Crippen LogP contribution in [-0.4, -0.2) is 28.3 Å². The summed E-state index contributed by atoms with van der Waals surface area (Å²) in [6.45, 7) is 1.42. The Kier molecular flexibility index (Phi) is 3.05. The summed E-state index contributed by atoms with van der Waals surface area (Å²) in [5.41, 5.74) is 1.73. The lowest BCUT2D eigenvalue weighted by molar-refractivity contribution is -0.0167. The van der Waals surface area contributed by atoms with Gasteiger partial charge in [0, 0.05) is 12.5 Å². The van der Waals surface area contributed by atoms with Crippen LogP contribution in [0.4, 0.5) is 0 Å². The number of β-amino-alcohol motifs (C(OH)–C–C–N with tert-alkyl or cyclic N) is 1. The van der Waals surface area contributed by atoms with Crippen molar-refractivity contribution in [3.8, 4) is 0 Å². The molecule has 1 aliphatic carbocycles. The third kappa shape index (κ3) is 2.26. The fourth-order valence-electron chi connectivity index (χ4n) is 3.40. The summed E-state index contributed by atoms with van der Waals surface area (Å²) in [6.07, 6.45) is 3.49. The van der Waals surface area contributed by atoms with Crippen LogP contribution in [0.25, 0.3) is 0 Å². The Balaban J connectivity index is 1.56. The van der Waals surface area contributed by atoms with Gasteiger partial charge in [0.15, 0.2) is 11.4 Å². The van der Waals surface area contributed by atoms with Crippen LogP contribution in [0.1, 0.15) is 41.6 Å². The van der Waals surface area contributed by atoms with E-state index in [0.29, 0.717) is 18.9 Å². The molecule has 0 saturated carbocycles. The molecule has 110 valence electrons. The van der Waals surface area contributed by atoms with Gasteiger partial charge in [-0.05, 0) is 43.4 Å². The zero-order chi connectivity index (χ0) is 14.3. The van der Waals surface area contributed by atoms with Crippen molar-refractivity contribution in [2.24, 2.45) is 0 Å². The number of aliphatic hydroxyl groups is 1. The van der Waals surface area contributed by atoms with Crippen LogP contribution in [0.2, 0.25) is 0 Å². The highest BCUT2D eigenvalue weighted by Gasteiger charge is 2.38. The first-order chi connectivity index (χ1) is 10.2. The number of hydrogen-bond acceptors (Lipinski definition) is 5. The largest absolute Gasteiger partial charge is 0.379 e. The van der Waals surface area contributed by atoms with E-state index in [1.54, 1.807) is 0 Å². The Morgan fingerprint density at radius 1 is 1.24 bits per heavy atom. The SMILES string of the molecule is OC1(c2nc(C3Cc4ccccc4C3)no2)CCCNC1. The molecule has 1 aromatic heterocycles. The van der Waals surface area contributed by atoms with Gasteiger partial charge in [-0.25, -0.2) is 0 Å². The molecule has 1 unspecified atom stereocenters. The highest BCUT2D eigenvalue weighted by Crippen LogP contribution is 2.34. The highest BCUT2D eigenvalue weighted by atomic mass is 16.5. The van der Waals surface area contributed by atoms with E-state index in [0.717, 1.165) is 31.6 Å². The standard InChI is InChI=1S/C16H19N3O2/c20-16(6-3-7-17-10-16)15-18-14(19-21-15)13-8-11-4-1-2-5-12(11)9-13/h1-2,4-5,13,17,20H,3,6-10H2. The van der Waals surface area contributed by atoms with Gasteiger partial charge in [0.1, 0.15) is 0 Å². The average Bonchev–Trinajstić information content (AvgIpc) is 3.15. The monoisotopic (exact) mass is 285 g/mol. The van der Waals surface area contributed by atoms with Crippen molar-refractivity contribution in [2.45, 2.75) is 37.2 Å². The first-order valence-electron chi connectivity index (χ1n) is 7.58. The Bertz CT molecular complexity index is 621. The van der Waals surface area contributed by atoms with Crippen molar-refractivity contribution in [3.63, 3.8) is 0 Å². The van der Waals surface area contributed by atoms with Crippen molar-refractivity contribution in [2.75, 3.05) is 13.1 Å². The van der Waals surface area contributed by atoms with Crippen molar-refractivity contribution in [1.29, 1.82) is 0 Å². The summed E-state index contributed by atoms with van der Waals surface area (Å²) < 4.78 is 5.37. The molecule has 1 aromatic carbocycles. The molecule has 2 aromatic rings. The number of piperidine rings is 1. The predicted molar refractivity (Wildman–Crippen MR) is 76.9 cm³/mol. The van der Waals surface area contributed by atoms with E-state index in [1.165, 1.54) is 11.1 Å². The quantitative estimate of drug-likeness (QED) is 0.875. The summed E-state index contributed by atoms with van der Waals surface area (Å²) in [4.78, 5) is 4.50. The van der Waals surface area contributed by atoms with Crippen LogP contribution in [0.15, 0.2) is 28.8 Å². The van der Waals surface area contributed by atoms with Gasteiger partial charge in [-0.2, -0.15) is 4.98 Å². The number of aromatic nitrogens is 2. The average molecular weight is 285 g/mol. The number of nitrogens with one attached hydrogen (secondary N) is 1. The van der Waals surface area contributed by atoms with Crippen LogP contribution < -0.4 is 5.32 Å². The highest BCUT2D eigenvalue weighted by molar-refractivity contribution is 5.34. The van der Waals surface area contributed by atoms with Crippen LogP contribution in [-0.2, 0) is 18.4 Å². The zero-order valence-corrected chi connectivity index (χ0v) is 11.9. The number of rotatable bonds is 2. The Labute approximate surface area is 123 Å². The second-order valence-corrected chi connectivity index (χ2v) is 6.14. The maximum atomic E-state index is 10.6. The molecule has 5 nitrogen and oxygen atoms in total. The molecule has 5 heteroatoms. The molecular weight excluding hydrogens is 266 g/mol. The maximum absolute atomic E-state index is 10.6. The van der Waals surface area contributed by atoms with E-state index in [9.17, 15) is 5.11 Å². The summed E-state index contributed by atoms with van der Waals surface area (Å²) in [7, 11) is 0. The van der Waals surface area contributed by atoms with Crippen LogP contribution in [0.3, 0.4) is 0 Å². The smallest absolute Gasteiger partial charge is 0.259 e. The lowest BCUT2D eigenvalue weighted by Gasteiger charge is -2.28. The molecule has 1 saturated heterocycles. The molecule has 0 amide bonds. The normalized spacial score (nSPS) is 26.0. The van der Waals surface area contributed by atoms with Crippen LogP contribution in [0.5, 0.6) is 0 Å². The molecule has 1 atom stereocenters. The molecule has 0 bridgehead atoms. The lowest BCUT2D eigenvalue weighted by Crippen LogP contribution is -2.43. The van der Waals surface area contributed by atoms with Crippen molar-refractivity contribution >= 4 is 0 Å². The van der Waals surface area contributed by atoms with Gasteiger partial charge in [0.25, 0.3) is 5.89 Å². The Morgan fingerprint density at radius 3 is 2.67 bits per heavy atom. The minimum atomic E-state index is -1.01. The Hall–Kier alpha value is -1.72. The van der Waals surface area contributed by atoms with E-state index in [4.69, 9.17) is 4.52 Å². The number of hydrogen-bond donors (Lipinski definition) is 2. The van der Waals surface area contributed by atoms with E-state index < -0.39 is 5.60 Å². The van der Waals surface area contributed by atoms with Gasteiger partial charge in [0.2, 0.25) is 0 Å². The molecule has 1 aliphatic heterocycles. The van der Waals surface area contributed by atoms with Crippen molar-refractivity contribution in [1.82, 2.24) is 15.5 Å². The first kappa shape index (κ1) is 13.0. The lowest BCUT2D eigenvalue weighted by atomic mass is 9.94. The van der Waals surface area contributed by atoms with Gasteiger partial charge in [-0.3, -0.25) is 0 Å². The Morgan fingerprint density at radius 2 is 2.00 bits per heavy atom. The molecule has 2 heterocycles. The molecule has 21 heavy (non-hydrogen) atoms. The number of benzene rings is 1. The van der Waals surface area contributed by atoms with Crippen LogP contribution >= 0.6 is 0 Å². The molecule has 2 N–H and O–H groups in total. The predicted octanol–water partition coefficient (Wildman–Crippen LogP) is 1.52. The van der Waals surface area contributed by atoms with Crippen LogP contribution in [0, 0.1) is 0 Å². The van der Waals surface area contributed by atoms with Gasteiger partial charge < -0.3 is 14.9 Å². The maximum Gasteiger partial charge on any atom is 0.259 e. The molecule has 1 fully saturated rings. The second-order valence-electron chi connectivity index (χ2n) is 6.14. The summed E-state index contributed by atoms with van der Waals surface area (Å²) >= 11 is 0. The summed E-state index contributed by atoms with van der Waals surface area (Å²) in [5, 5.41) is 17.9. The van der Waals surface area contributed by atoms with Gasteiger partial charge in [-0.1, -0.05) is 29.4 Å². The summed E-state index contributed by atoms with van der Waals surface area (Å²) in [5.74, 6) is 1.35. The first-order valence-corrected chi connectivity index (χ1v) is 7.58. The van der Waals surface area contributed by atoms with E-state index in [1.807, 2.05) is 0 Å². The van der Waals surface area contributed by atoms with Crippen molar-refractivity contribution in [3.05, 3.63) is 47.1 Å².